The SMILES string of the molecule is CCN(C(C)COC)C1COCCC1O. The molecule has 0 spiro atoms. The summed E-state index contributed by atoms with van der Waals surface area (Å²) in [6, 6.07) is 0.440. The fourth-order valence-electron chi connectivity index (χ4n) is 2.24. The Kier molecular flexibility index (Phi) is 5.53. The number of hydrogen-bond donors (Lipinski definition) is 1. The monoisotopic (exact) mass is 217 g/mol. The van der Waals surface area contributed by atoms with Crippen LogP contribution >= 0.6 is 0 Å². The van der Waals surface area contributed by atoms with Crippen LogP contribution in [0.2, 0.25) is 0 Å². The lowest BCUT2D eigenvalue weighted by Gasteiger charge is -2.40. The van der Waals surface area contributed by atoms with E-state index in [0.717, 1.165) is 13.0 Å². The maximum atomic E-state index is 9.93. The van der Waals surface area contributed by atoms with Gasteiger partial charge in [0.1, 0.15) is 0 Å². The number of ether oxygens (including phenoxy) is 2. The van der Waals surface area contributed by atoms with Gasteiger partial charge in [-0.25, -0.2) is 0 Å². The minimum atomic E-state index is -0.266. The molecule has 1 rings (SSSR count). The van der Waals surface area contributed by atoms with Crippen LogP contribution in [-0.4, -0.2) is 61.7 Å². The van der Waals surface area contributed by atoms with Gasteiger partial charge in [-0.3, -0.25) is 4.90 Å². The van der Waals surface area contributed by atoms with Crippen LogP contribution in [-0.2, 0) is 9.47 Å². The summed E-state index contributed by atoms with van der Waals surface area (Å²) in [5.74, 6) is 0. The summed E-state index contributed by atoms with van der Waals surface area (Å²) in [7, 11) is 1.71. The molecule has 0 aromatic heterocycles. The van der Waals surface area contributed by atoms with Crippen molar-refractivity contribution in [2.45, 2.75) is 38.5 Å². The minimum absolute atomic E-state index is 0.119. The molecule has 0 aliphatic carbocycles. The van der Waals surface area contributed by atoms with Crippen LogP contribution in [0.25, 0.3) is 0 Å². The number of rotatable bonds is 5. The third kappa shape index (κ3) is 3.41. The van der Waals surface area contributed by atoms with E-state index in [-0.39, 0.29) is 12.1 Å². The van der Waals surface area contributed by atoms with Crippen LogP contribution in [0.15, 0.2) is 0 Å². The summed E-state index contributed by atoms with van der Waals surface area (Å²) in [6.07, 6.45) is 0.471. The van der Waals surface area contributed by atoms with Crippen molar-refractivity contribution in [2.24, 2.45) is 0 Å². The van der Waals surface area contributed by atoms with Gasteiger partial charge in [0, 0.05) is 19.8 Å². The summed E-state index contributed by atoms with van der Waals surface area (Å²) >= 11 is 0. The smallest absolute Gasteiger partial charge is 0.0739 e. The Balaban J connectivity index is 2.54. The zero-order valence-corrected chi connectivity index (χ0v) is 9.98. The molecule has 1 saturated heterocycles. The molecule has 0 saturated carbocycles. The number of nitrogens with zero attached hydrogens (tertiary/aromatic N) is 1. The topological polar surface area (TPSA) is 41.9 Å². The molecule has 0 radical (unpaired) electrons. The van der Waals surface area contributed by atoms with E-state index >= 15 is 0 Å². The van der Waals surface area contributed by atoms with Crippen molar-refractivity contribution in [2.75, 3.05) is 33.5 Å². The Labute approximate surface area is 92.2 Å². The minimum Gasteiger partial charge on any atom is -0.391 e. The van der Waals surface area contributed by atoms with Crippen LogP contribution < -0.4 is 0 Å². The van der Waals surface area contributed by atoms with Gasteiger partial charge in [0.15, 0.2) is 0 Å². The van der Waals surface area contributed by atoms with Gasteiger partial charge in [-0.05, 0) is 19.9 Å². The third-order valence-corrected chi connectivity index (χ3v) is 3.06. The Morgan fingerprint density at radius 2 is 2.33 bits per heavy atom. The van der Waals surface area contributed by atoms with E-state index in [2.05, 4.69) is 18.7 Å². The predicted octanol–water partition coefficient (Wildman–Crippen LogP) is 0.493. The zero-order valence-electron chi connectivity index (χ0n) is 9.98. The first-order valence-corrected chi connectivity index (χ1v) is 5.71. The number of aliphatic hydroxyl groups excluding tert-OH is 1. The van der Waals surface area contributed by atoms with E-state index < -0.39 is 0 Å². The predicted molar refractivity (Wildman–Crippen MR) is 58.9 cm³/mol. The molecule has 1 heterocycles. The summed E-state index contributed by atoms with van der Waals surface area (Å²) in [4.78, 5) is 2.26. The van der Waals surface area contributed by atoms with Crippen molar-refractivity contribution < 1.29 is 14.6 Å². The van der Waals surface area contributed by atoms with Crippen LogP contribution in [0.1, 0.15) is 20.3 Å². The van der Waals surface area contributed by atoms with Crippen molar-refractivity contribution >= 4 is 0 Å². The summed E-state index contributed by atoms with van der Waals surface area (Å²) in [5, 5.41) is 9.93. The quantitative estimate of drug-likeness (QED) is 0.728. The highest BCUT2D eigenvalue weighted by molar-refractivity contribution is 4.84. The van der Waals surface area contributed by atoms with Crippen LogP contribution in [0.5, 0.6) is 0 Å². The maximum absolute atomic E-state index is 9.93. The molecular formula is C11H23NO3. The molecule has 4 nitrogen and oxygen atoms in total. The van der Waals surface area contributed by atoms with Crippen molar-refractivity contribution in [3.63, 3.8) is 0 Å². The first-order valence-electron chi connectivity index (χ1n) is 5.71. The second kappa shape index (κ2) is 6.43. The van der Waals surface area contributed by atoms with E-state index in [1.165, 1.54) is 0 Å². The van der Waals surface area contributed by atoms with E-state index in [1.807, 2.05) is 0 Å². The van der Waals surface area contributed by atoms with Gasteiger partial charge in [-0.15, -0.1) is 0 Å². The molecule has 0 amide bonds. The molecule has 0 bridgehead atoms. The number of aliphatic hydroxyl groups is 1. The molecule has 3 unspecified atom stereocenters. The average Bonchev–Trinajstić information content (AvgIpc) is 2.22. The lowest BCUT2D eigenvalue weighted by Crippen LogP contribution is -2.53. The van der Waals surface area contributed by atoms with E-state index in [4.69, 9.17) is 9.47 Å². The first-order chi connectivity index (χ1) is 7.20. The Bertz CT molecular complexity index is 177. The highest BCUT2D eigenvalue weighted by Crippen LogP contribution is 2.16. The van der Waals surface area contributed by atoms with Gasteiger partial charge in [-0.2, -0.15) is 0 Å². The largest absolute Gasteiger partial charge is 0.391 e. The average molecular weight is 217 g/mol. The van der Waals surface area contributed by atoms with E-state index in [9.17, 15) is 5.11 Å². The molecule has 1 fully saturated rings. The Morgan fingerprint density at radius 3 is 2.87 bits per heavy atom. The molecule has 0 aromatic rings. The zero-order chi connectivity index (χ0) is 11.3. The normalized spacial score (nSPS) is 29.4. The highest BCUT2D eigenvalue weighted by Gasteiger charge is 2.31. The lowest BCUT2D eigenvalue weighted by atomic mass is 10.0. The van der Waals surface area contributed by atoms with Gasteiger partial charge >= 0.3 is 0 Å². The molecule has 1 N–H and O–H groups in total. The van der Waals surface area contributed by atoms with Crippen molar-refractivity contribution in [1.82, 2.24) is 4.90 Å². The summed E-state index contributed by atoms with van der Waals surface area (Å²) in [6.45, 7) is 7.13. The fraction of sp³-hybridized carbons (Fsp3) is 1.00. The molecule has 3 atom stereocenters. The van der Waals surface area contributed by atoms with Crippen molar-refractivity contribution in [3.05, 3.63) is 0 Å². The molecule has 0 aromatic carbocycles. The van der Waals surface area contributed by atoms with Crippen LogP contribution in [0, 0.1) is 0 Å². The lowest BCUT2D eigenvalue weighted by molar-refractivity contribution is -0.0769. The molecule has 90 valence electrons. The summed E-state index contributed by atoms with van der Waals surface area (Å²) < 4.78 is 10.6. The Morgan fingerprint density at radius 1 is 1.60 bits per heavy atom. The molecule has 15 heavy (non-hydrogen) atoms. The molecular weight excluding hydrogens is 194 g/mol. The highest BCUT2D eigenvalue weighted by atomic mass is 16.5. The Hall–Kier alpha value is -0.160. The van der Waals surface area contributed by atoms with Gasteiger partial charge < -0.3 is 14.6 Å². The number of likely N-dealkylation sites (N-methyl/N-ethyl adjacent to an activating group) is 1. The van der Waals surface area contributed by atoms with Crippen molar-refractivity contribution in [3.8, 4) is 0 Å². The molecule has 1 aliphatic heterocycles. The fourth-order valence-corrected chi connectivity index (χ4v) is 2.24. The van der Waals surface area contributed by atoms with Crippen LogP contribution in [0.3, 0.4) is 0 Å². The van der Waals surface area contributed by atoms with Gasteiger partial charge in [-0.1, -0.05) is 6.92 Å². The van der Waals surface area contributed by atoms with Crippen molar-refractivity contribution in [1.29, 1.82) is 0 Å². The number of methoxy groups -OCH3 is 1. The van der Waals surface area contributed by atoms with Gasteiger partial charge in [0.05, 0.1) is 25.4 Å². The second-order valence-electron chi connectivity index (χ2n) is 4.13. The van der Waals surface area contributed by atoms with E-state index in [0.29, 0.717) is 25.9 Å². The van der Waals surface area contributed by atoms with Gasteiger partial charge in [0.2, 0.25) is 0 Å². The van der Waals surface area contributed by atoms with Crippen LogP contribution in [0.4, 0.5) is 0 Å². The standard InChI is InChI=1S/C11H23NO3/c1-4-12(9(2)7-14-3)10-8-15-6-5-11(10)13/h9-11,13H,4-8H2,1-3H3. The molecule has 1 aliphatic rings. The number of hydrogen-bond acceptors (Lipinski definition) is 4. The van der Waals surface area contributed by atoms with E-state index in [1.54, 1.807) is 7.11 Å². The summed E-state index contributed by atoms with van der Waals surface area (Å²) in [5.41, 5.74) is 0. The second-order valence-corrected chi connectivity index (χ2v) is 4.13. The maximum Gasteiger partial charge on any atom is 0.0739 e. The molecule has 4 heteroatoms. The first kappa shape index (κ1) is 12.9. The third-order valence-electron chi connectivity index (χ3n) is 3.06. The van der Waals surface area contributed by atoms with Gasteiger partial charge in [0.25, 0.3) is 0 Å².